The quantitative estimate of drug-likeness (QED) is 0.760. The van der Waals surface area contributed by atoms with Gasteiger partial charge in [-0.1, -0.05) is 24.3 Å². The summed E-state index contributed by atoms with van der Waals surface area (Å²) in [5.74, 6) is 1.02. The van der Waals surface area contributed by atoms with Crippen LogP contribution < -0.4 is 19.7 Å². The summed E-state index contributed by atoms with van der Waals surface area (Å²) in [6.07, 6.45) is 2.32. The molecule has 0 bridgehead atoms. The number of hydrogen-bond donors (Lipinski definition) is 1. The minimum Gasteiger partial charge on any atom is -0.497 e. The van der Waals surface area contributed by atoms with Crippen LogP contribution in [0.5, 0.6) is 11.5 Å². The summed E-state index contributed by atoms with van der Waals surface area (Å²) in [7, 11) is 1.66. The summed E-state index contributed by atoms with van der Waals surface area (Å²) in [5.41, 5.74) is 1.75. The van der Waals surface area contributed by atoms with Crippen molar-refractivity contribution in [2.24, 2.45) is 0 Å². The minimum atomic E-state index is -0.215. The number of benzene rings is 2. The fourth-order valence-electron chi connectivity index (χ4n) is 4.10. The van der Waals surface area contributed by atoms with Gasteiger partial charge in [0.25, 0.3) is 5.91 Å². The Kier molecular flexibility index (Phi) is 6.18. The van der Waals surface area contributed by atoms with Crippen LogP contribution in [-0.2, 0) is 9.59 Å². The second-order valence-electron chi connectivity index (χ2n) is 7.58. The predicted octanol–water partition coefficient (Wildman–Crippen LogP) is 2.37. The highest BCUT2D eigenvalue weighted by Crippen LogP contribution is 2.31. The number of nitrogens with zero attached hydrogens (tertiary/aromatic N) is 2. The molecule has 7 nitrogen and oxygen atoms in total. The third kappa shape index (κ3) is 4.41. The fourth-order valence-corrected chi connectivity index (χ4v) is 4.10. The Morgan fingerprint density at radius 1 is 1.17 bits per heavy atom. The maximum Gasteiger partial charge on any atom is 0.265 e. The minimum absolute atomic E-state index is 0.0238. The molecule has 1 fully saturated rings. The van der Waals surface area contributed by atoms with Gasteiger partial charge in [-0.15, -0.1) is 0 Å². The van der Waals surface area contributed by atoms with Crippen molar-refractivity contribution in [2.75, 3.05) is 44.8 Å². The maximum atomic E-state index is 12.8. The lowest BCUT2D eigenvalue weighted by Crippen LogP contribution is -2.46. The molecule has 1 atom stereocenters. The molecule has 7 heteroatoms. The number of amides is 2. The molecule has 2 amide bonds. The summed E-state index contributed by atoms with van der Waals surface area (Å²) >= 11 is 0. The molecule has 30 heavy (non-hydrogen) atoms. The average molecular weight is 409 g/mol. The first-order chi connectivity index (χ1) is 14.7. The van der Waals surface area contributed by atoms with Crippen LogP contribution in [0.4, 0.5) is 5.69 Å². The van der Waals surface area contributed by atoms with Crippen LogP contribution >= 0.6 is 0 Å². The van der Waals surface area contributed by atoms with Crippen LogP contribution in [0.2, 0.25) is 0 Å². The third-order valence-corrected chi connectivity index (χ3v) is 5.66. The molecule has 4 rings (SSSR count). The van der Waals surface area contributed by atoms with Gasteiger partial charge in [-0.25, -0.2) is 0 Å². The molecule has 1 unspecified atom stereocenters. The van der Waals surface area contributed by atoms with Gasteiger partial charge < -0.3 is 14.8 Å². The number of carbonyl (C=O) groups excluding carboxylic acids is 2. The Hall–Kier alpha value is -3.06. The molecular formula is C23H27N3O4. The first-order valence-corrected chi connectivity index (χ1v) is 10.3. The fraction of sp³-hybridized carbons (Fsp3) is 0.391. The van der Waals surface area contributed by atoms with Crippen molar-refractivity contribution in [2.45, 2.75) is 18.9 Å². The van der Waals surface area contributed by atoms with Gasteiger partial charge in [0.1, 0.15) is 18.0 Å². The summed E-state index contributed by atoms with van der Waals surface area (Å²) in [6, 6.07) is 15.3. The van der Waals surface area contributed by atoms with Crippen molar-refractivity contribution < 1.29 is 19.1 Å². The van der Waals surface area contributed by atoms with E-state index in [4.69, 9.17) is 9.47 Å². The van der Waals surface area contributed by atoms with E-state index in [0.29, 0.717) is 18.0 Å². The molecule has 0 aliphatic carbocycles. The molecule has 1 N–H and O–H groups in total. The van der Waals surface area contributed by atoms with E-state index in [1.807, 2.05) is 30.3 Å². The SMILES string of the molecule is COc1cccc(C(CNC(=O)CN2C(=O)COc3ccccc32)N2CCCC2)c1. The topological polar surface area (TPSA) is 71.1 Å². The van der Waals surface area contributed by atoms with Gasteiger partial charge in [-0.05, 0) is 55.8 Å². The molecule has 158 valence electrons. The second kappa shape index (κ2) is 9.17. The van der Waals surface area contributed by atoms with Crippen LogP contribution in [0.1, 0.15) is 24.4 Å². The van der Waals surface area contributed by atoms with Crippen LogP contribution in [0.15, 0.2) is 48.5 Å². The van der Waals surface area contributed by atoms with Gasteiger partial charge in [0, 0.05) is 6.54 Å². The van der Waals surface area contributed by atoms with E-state index >= 15 is 0 Å². The van der Waals surface area contributed by atoms with Crippen LogP contribution in [-0.4, -0.2) is 56.6 Å². The Balaban J connectivity index is 1.44. The van der Waals surface area contributed by atoms with E-state index < -0.39 is 0 Å². The van der Waals surface area contributed by atoms with Gasteiger partial charge >= 0.3 is 0 Å². The van der Waals surface area contributed by atoms with Gasteiger partial charge in [-0.3, -0.25) is 19.4 Å². The highest BCUT2D eigenvalue weighted by molar-refractivity contribution is 6.02. The number of anilines is 1. The average Bonchev–Trinajstić information content (AvgIpc) is 3.30. The highest BCUT2D eigenvalue weighted by atomic mass is 16.5. The Morgan fingerprint density at radius 2 is 1.97 bits per heavy atom. The molecular weight excluding hydrogens is 382 g/mol. The molecule has 2 heterocycles. The number of fused-ring (bicyclic) bond motifs is 1. The molecule has 2 aliphatic heterocycles. The first-order valence-electron chi connectivity index (χ1n) is 10.3. The number of para-hydroxylation sites is 2. The normalized spacial score (nSPS) is 17.2. The molecule has 1 saturated heterocycles. The van der Waals surface area contributed by atoms with Gasteiger partial charge in [0.05, 0.1) is 18.8 Å². The number of ether oxygens (including phenoxy) is 2. The lowest BCUT2D eigenvalue weighted by atomic mass is 10.0. The van der Waals surface area contributed by atoms with Crippen LogP contribution in [0.3, 0.4) is 0 Å². The molecule has 0 aromatic heterocycles. The zero-order valence-electron chi connectivity index (χ0n) is 17.2. The van der Waals surface area contributed by atoms with Gasteiger partial charge in [-0.2, -0.15) is 0 Å². The van der Waals surface area contributed by atoms with Crippen molar-refractivity contribution in [3.05, 3.63) is 54.1 Å². The molecule has 2 aromatic carbocycles. The number of methoxy groups -OCH3 is 1. The van der Waals surface area contributed by atoms with Crippen molar-refractivity contribution >= 4 is 17.5 Å². The summed E-state index contributed by atoms with van der Waals surface area (Å²) in [4.78, 5) is 29.0. The first kappa shape index (κ1) is 20.2. The lowest BCUT2D eigenvalue weighted by molar-refractivity contribution is -0.125. The molecule has 0 saturated carbocycles. The van der Waals surface area contributed by atoms with E-state index in [-0.39, 0.29) is 31.0 Å². The highest BCUT2D eigenvalue weighted by Gasteiger charge is 2.28. The van der Waals surface area contributed by atoms with Crippen molar-refractivity contribution in [1.29, 1.82) is 0 Å². The summed E-state index contributed by atoms with van der Waals surface area (Å²) in [5, 5.41) is 3.04. The summed E-state index contributed by atoms with van der Waals surface area (Å²) in [6.45, 7) is 2.42. The van der Waals surface area contributed by atoms with Gasteiger partial charge in [0.2, 0.25) is 5.91 Å². The molecule has 2 aromatic rings. The van der Waals surface area contributed by atoms with Crippen molar-refractivity contribution in [3.8, 4) is 11.5 Å². The number of rotatable bonds is 7. The number of likely N-dealkylation sites (tertiary alicyclic amines) is 1. The van der Waals surface area contributed by atoms with Gasteiger partial charge in [0.15, 0.2) is 6.61 Å². The number of hydrogen-bond acceptors (Lipinski definition) is 5. The van der Waals surface area contributed by atoms with Crippen molar-refractivity contribution in [3.63, 3.8) is 0 Å². The smallest absolute Gasteiger partial charge is 0.265 e. The van der Waals surface area contributed by atoms with Crippen molar-refractivity contribution in [1.82, 2.24) is 10.2 Å². The largest absolute Gasteiger partial charge is 0.497 e. The second-order valence-corrected chi connectivity index (χ2v) is 7.58. The Labute approximate surface area is 176 Å². The number of carbonyl (C=O) groups is 2. The van der Waals surface area contributed by atoms with E-state index in [1.165, 1.54) is 4.90 Å². The zero-order valence-corrected chi connectivity index (χ0v) is 17.2. The molecule has 0 radical (unpaired) electrons. The predicted molar refractivity (Wildman–Crippen MR) is 114 cm³/mol. The number of nitrogens with one attached hydrogen (secondary N) is 1. The molecule has 0 spiro atoms. The van der Waals surface area contributed by atoms with Crippen LogP contribution in [0, 0.1) is 0 Å². The summed E-state index contributed by atoms with van der Waals surface area (Å²) < 4.78 is 10.8. The van der Waals surface area contributed by atoms with E-state index in [0.717, 1.165) is 37.2 Å². The monoisotopic (exact) mass is 409 g/mol. The third-order valence-electron chi connectivity index (χ3n) is 5.66. The van der Waals surface area contributed by atoms with Crippen LogP contribution in [0.25, 0.3) is 0 Å². The van der Waals surface area contributed by atoms with E-state index in [2.05, 4.69) is 16.3 Å². The van der Waals surface area contributed by atoms with E-state index in [1.54, 1.807) is 19.2 Å². The Bertz CT molecular complexity index is 911. The van der Waals surface area contributed by atoms with E-state index in [9.17, 15) is 9.59 Å². The molecule has 2 aliphatic rings. The Morgan fingerprint density at radius 3 is 2.77 bits per heavy atom. The standard InChI is InChI=1S/C23H27N3O4/c1-29-18-8-6-7-17(13-18)20(25-11-4-5-12-25)14-24-22(27)15-26-19-9-2-3-10-21(19)30-16-23(26)28/h2-3,6-10,13,20H,4-5,11-12,14-16H2,1H3,(H,24,27). The lowest BCUT2D eigenvalue weighted by Gasteiger charge is -2.30. The maximum absolute atomic E-state index is 12.8. The zero-order chi connectivity index (χ0) is 20.9.